The van der Waals surface area contributed by atoms with Crippen molar-refractivity contribution in [2.45, 2.75) is 284 Å². The summed E-state index contributed by atoms with van der Waals surface area (Å²) in [6.07, 6.45) is 74.5. The number of unbranched alkanes of at least 4 members (excludes halogenated alkanes) is 27. The Morgan fingerprint density at radius 2 is 0.565 bits per heavy atom. The van der Waals surface area contributed by atoms with Gasteiger partial charge in [0.05, 0.1) is 0 Å². The van der Waals surface area contributed by atoms with Gasteiger partial charge in [0, 0.05) is 19.3 Å². The normalized spacial score (nSPS) is 12.7. The molecule has 0 spiro atoms. The van der Waals surface area contributed by atoms with Gasteiger partial charge in [-0.3, -0.25) is 14.4 Å². The van der Waals surface area contributed by atoms with Crippen molar-refractivity contribution in [3.05, 3.63) is 85.1 Å². The molecule has 0 aliphatic carbocycles. The fraction of sp³-hybridized carbons (Fsp3) is 0.730. The Morgan fingerprint density at radius 3 is 0.913 bits per heavy atom. The van der Waals surface area contributed by atoms with E-state index in [4.69, 9.17) is 14.2 Å². The number of hydrogen-bond acceptors (Lipinski definition) is 6. The van der Waals surface area contributed by atoms with Gasteiger partial charge >= 0.3 is 17.9 Å². The minimum Gasteiger partial charge on any atom is -0.462 e. The standard InChI is InChI=1S/C63H108O6/c1-4-7-10-13-16-19-21-23-25-26-27-28-29-30-31-32-33-34-35-36-38-39-41-44-47-50-53-56-62(65)68-59-60(58-67-61(64)55-52-49-46-43-18-15-12-9-6-3)69-63(66)57-54-51-48-45-42-40-37-24-22-20-17-14-11-8-5-2/h8,11,17,20-21,23-24,26-27,29-30,37,42,45,60H,4-7,9-10,12-16,18-19,22,25,28,31-36,38-41,43-44,46-59H2,1-3H3/b11-8-,20-17-,23-21-,27-26-,30-29-,37-24-,45-42-. The molecule has 6 nitrogen and oxygen atoms in total. The van der Waals surface area contributed by atoms with Gasteiger partial charge in [-0.05, 0) is 96.3 Å². The van der Waals surface area contributed by atoms with E-state index >= 15 is 0 Å². The average molecular weight is 962 g/mol. The third-order valence-electron chi connectivity index (χ3n) is 12.4. The molecule has 6 heteroatoms. The quantitative estimate of drug-likeness (QED) is 0.0262. The zero-order chi connectivity index (χ0) is 50.0. The van der Waals surface area contributed by atoms with Crippen LogP contribution in [0.3, 0.4) is 0 Å². The maximum Gasteiger partial charge on any atom is 0.306 e. The highest BCUT2D eigenvalue weighted by Gasteiger charge is 2.19. The molecule has 0 fully saturated rings. The summed E-state index contributed by atoms with van der Waals surface area (Å²) in [5.74, 6) is -0.935. The zero-order valence-electron chi connectivity index (χ0n) is 45.3. The van der Waals surface area contributed by atoms with E-state index in [1.54, 1.807) is 0 Å². The lowest BCUT2D eigenvalue weighted by molar-refractivity contribution is -0.167. The van der Waals surface area contributed by atoms with Gasteiger partial charge in [0.1, 0.15) is 13.2 Å². The first-order chi connectivity index (χ1) is 34.0. The molecule has 0 aromatic rings. The van der Waals surface area contributed by atoms with Gasteiger partial charge < -0.3 is 14.2 Å². The van der Waals surface area contributed by atoms with E-state index in [2.05, 4.69) is 106 Å². The third-order valence-corrected chi connectivity index (χ3v) is 12.4. The smallest absolute Gasteiger partial charge is 0.306 e. The van der Waals surface area contributed by atoms with Crippen molar-refractivity contribution in [2.24, 2.45) is 0 Å². The molecule has 0 saturated heterocycles. The van der Waals surface area contributed by atoms with Crippen LogP contribution in [0.5, 0.6) is 0 Å². The van der Waals surface area contributed by atoms with Crippen molar-refractivity contribution >= 4 is 17.9 Å². The van der Waals surface area contributed by atoms with Gasteiger partial charge in [-0.25, -0.2) is 0 Å². The van der Waals surface area contributed by atoms with Crippen LogP contribution in [0.15, 0.2) is 85.1 Å². The Balaban J connectivity index is 4.23. The van der Waals surface area contributed by atoms with Crippen molar-refractivity contribution in [3.63, 3.8) is 0 Å². The van der Waals surface area contributed by atoms with E-state index in [0.717, 1.165) is 89.9 Å². The predicted octanol–water partition coefficient (Wildman–Crippen LogP) is 19.5. The second-order valence-electron chi connectivity index (χ2n) is 19.2. The highest BCUT2D eigenvalue weighted by Crippen LogP contribution is 2.15. The third kappa shape index (κ3) is 55.4. The van der Waals surface area contributed by atoms with Crippen molar-refractivity contribution < 1.29 is 28.6 Å². The van der Waals surface area contributed by atoms with E-state index in [1.807, 2.05) is 0 Å². The lowest BCUT2D eigenvalue weighted by Crippen LogP contribution is -2.30. The number of hydrogen-bond donors (Lipinski definition) is 0. The van der Waals surface area contributed by atoms with Crippen LogP contribution in [0.1, 0.15) is 278 Å². The fourth-order valence-electron chi connectivity index (χ4n) is 8.03. The van der Waals surface area contributed by atoms with Crippen LogP contribution in [-0.2, 0) is 28.6 Å². The summed E-state index contributed by atoms with van der Waals surface area (Å²) in [7, 11) is 0. The number of carbonyl (C=O) groups excluding carboxylic acids is 3. The van der Waals surface area contributed by atoms with Gasteiger partial charge in [-0.1, -0.05) is 247 Å². The molecule has 69 heavy (non-hydrogen) atoms. The molecule has 0 aliphatic heterocycles. The summed E-state index contributed by atoms with van der Waals surface area (Å²) in [4.78, 5) is 38.0. The van der Waals surface area contributed by atoms with E-state index in [1.165, 1.54) is 141 Å². The van der Waals surface area contributed by atoms with Crippen LogP contribution in [0.4, 0.5) is 0 Å². The minimum absolute atomic E-state index is 0.0921. The van der Waals surface area contributed by atoms with Crippen LogP contribution in [0, 0.1) is 0 Å². The highest BCUT2D eigenvalue weighted by molar-refractivity contribution is 5.71. The van der Waals surface area contributed by atoms with Crippen molar-refractivity contribution in [1.29, 1.82) is 0 Å². The van der Waals surface area contributed by atoms with Crippen LogP contribution < -0.4 is 0 Å². The van der Waals surface area contributed by atoms with Crippen molar-refractivity contribution in [3.8, 4) is 0 Å². The number of carbonyl (C=O) groups is 3. The van der Waals surface area contributed by atoms with Crippen molar-refractivity contribution in [1.82, 2.24) is 0 Å². The first kappa shape index (κ1) is 65.6. The lowest BCUT2D eigenvalue weighted by atomic mass is 10.0. The second kappa shape index (κ2) is 57.2. The number of allylic oxidation sites excluding steroid dienone is 14. The molecule has 0 N–H and O–H groups in total. The first-order valence-electron chi connectivity index (χ1n) is 29.1. The van der Waals surface area contributed by atoms with E-state index in [0.29, 0.717) is 19.3 Å². The molecule has 0 aliphatic rings. The molecule has 1 atom stereocenters. The maximum absolute atomic E-state index is 12.8. The Hall–Kier alpha value is -3.41. The van der Waals surface area contributed by atoms with E-state index < -0.39 is 6.10 Å². The van der Waals surface area contributed by atoms with Crippen LogP contribution >= 0.6 is 0 Å². The molecular weight excluding hydrogens is 853 g/mol. The van der Waals surface area contributed by atoms with Gasteiger partial charge in [-0.2, -0.15) is 0 Å². The lowest BCUT2D eigenvalue weighted by Gasteiger charge is -2.18. The Kier molecular flexibility index (Phi) is 54.3. The molecule has 0 bridgehead atoms. The molecule has 0 rings (SSSR count). The number of rotatable bonds is 52. The maximum atomic E-state index is 12.8. The Labute approximate surface area is 426 Å². The SMILES string of the molecule is CC/C=C\C/C=C\C/C=C\C/C=C\CCCCC(=O)OC(COC(=O)CCCCCCCCCCC)COC(=O)CCCCCCCCCCCCCC/C=C\C/C=C\C/C=C\CCCCCCC. The first-order valence-corrected chi connectivity index (χ1v) is 29.1. The van der Waals surface area contributed by atoms with E-state index in [-0.39, 0.29) is 37.5 Å². The largest absolute Gasteiger partial charge is 0.462 e. The molecule has 0 saturated carbocycles. The molecule has 0 radical (unpaired) electrons. The fourth-order valence-corrected chi connectivity index (χ4v) is 8.03. The Bertz CT molecular complexity index is 1330. The molecule has 0 heterocycles. The monoisotopic (exact) mass is 961 g/mol. The van der Waals surface area contributed by atoms with Gasteiger partial charge in [0.25, 0.3) is 0 Å². The summed E-state index contributed by atoms with van der Waals surface area (Å²) in [5.41, 5.74) is 0. The summed E-state index contributed by atoms with van der Waals surface area (Å²) >= 11 is 0. The summed E-state index contributed by atoms with van der Waals surface area (Å²) in [6.45, 7) is 6.47. The zero-order valence-corrected chi connectivity index (χ0v) is 45.3. The van der Waals surface area contributed by atoms with Crippen LogP contribution in [0.25, 0.3) is 0 Å². The van der Waals surface area contributed by atoms with E-state index in [9.17, 15) is 14.4 Å². The van der Waals surface area contributed by atoms with Crippen LogP contribution in [-0.4, -0.2) is 37.2 Å². The molecule has 396 valence electrons. The van der Waals surface area contributed by atoms with Gasteiger partial charge in [0.15, 0.2) is 6.10 Å². The second-order valence-corrected chi connectivity index (χ2v) is 19.2. The highest BCUT2D eigenvalue weighted by atomic mass is 16.6. The number of esters is 3. The summed E-state index contributed by atoms with van der Waals surface area (Å²) in [5, 5.41) is 0. The topological polar surface area (TPSA) is 78.9 Å². The van der Waals surface area contributed by atoms with Crippen molar-refractivity contribution in [2.75, 3.05) is 13.2 Å². The summed E-state index contributed by atoms with van der Waals surface area (Å²) < 4.78 is 16.8. The average Bonchev–Trinajstić information content (AvgIpc) is 3.35. The molecule has 0 amide bonds. The molecule has 0 aromatic carbocycles. The molecular formula is C63H108O6. The Morgan fingerprint density at radius 1 is 0.304 bits per heavy atom. The van der Waals surface area contributed by atoms with Gasteiger partial charge in [0.2, 0.25) is 0 Å². The predicted molar refractivity (Wildman–Crippen MR) is 297 cm³/mol. The minimum atomic E-state index is -0.796. The van der Waals surface area contributed by atoms with Gasteiger partial charge in [-0.15, -0.1) is 0 Å². The molecule has 1 unspecified atom stereocenters. The summed E-state index contributed by atoms with van der Waals surface area (Å²) in [6, 6.07) is 0. The molecule has 0 aromatic heterocycles. The number of ether oxygens (including phenoxy) is 3. The van der Waals surface area contributed by atoms with Crippen LogP contribution in [0.2, 0.25) is 0 Å².